The Hall–Kier alpha value is -2.62. The van der Waals surface area contributed by atoms with E-state index in [0.717, 1.165) is 10.9 Å². The summed E-state index contributed by atoms with van der Waals surface area (Å²) in [6.07, 6.45) is 1.80. The van der Waals surface area contributed by atoms with E-state index < -0.39 is 11.7 Å². The maximum absolute atomic E-state index is 13.5. The van der Waals surface area contributed by atoms with E-state index >= 15 is 0 Å². The summed E-state index contributed by atoms with van der Waals surface area (Å²) in [5, 5.41) is 3.71. The Labute approximate surface area is 109 Å². The Kier molecular flexibility index (Phi) is 2.76. The van der Waals surface area contributed by atoms with Gasteiger partial charge >= 0.3 is 0 Å². The molecule has 94 valence electrons. The molecule has 3 rings (SSSR count). The molecule has 0 aliphatic heterocycles. The topological polar surface area (TPSA) is 44.9 Å². The Morgan fingerprint density at radius 2 is 1.89 bits per heavy atom. The van der Waals surface area contributed by atoms with Crippen LogP contribution in [0.4, 0.5) is 10.1 Å². The van der Waals surface area contributed by atoms with Gasteiger partial charge in [-0.1, -0.05) is 24.3 Å². The van der Waals surface area contributed by atoms with Gasteiger partial charge in [0.15, 0.2) is 0 Å². The molecule has 0 atom stereocenters. The highest BCUT2D eigenvalue weighted by molar-refractivity contribution is 6.08. The Balaban J connectivity index is 1.95. The van der Waals surface area contributed by atoms with Crippen LogP contribution in [0.3, 0.4) is 0 Å². The third kappa shape index (κ3) is 2.08. The number of nitrogens with one attached hydrogen (secondary N) is 2. The molecule has 19 heavy (non-hydrogen) atoms. The van der Waals surface area contributed by atoms with E-state index in [0.29, 0.717) is 5.69 Å². The first-order chi connectivity index (χ1) is 9.25. The highest BCUT2D eigenvalue weighted by Gasteiger charge is 2.12. The zero-order chi connectivity index (χ0) is 13.2. The average molecular weight is 254 g/mol. The summed E-state index contributed by atoms with van der Waals surface area (Å²) < 4.78 is 13.5. The van der Waals surface area contributed by atoms with Crippen molar-refractivity contribution in [2.75, 3.05) is 5.32 Å². The molecular weight excluding hydrogens is 243 g/mol. The first kappa shape index (κ1) is 11.5. The first-order valence-electron chi connectivity index (χ1n) is 5.88. The van der Waals surface area contributed by atoms with Crippen molar-refractivity contribution in [2.24, 2.45) is 0 Å². The smallest absolute Gasteiger partial charge is 0.258 e. The number of aromatic amines is 1. The second-order valence-corrected chi connectivity index (χ2v) is 4.18. The molecule has 1 heterocycles. The molecule has 0 bridgehead atoms. The minimum absolute atomic E-state index is 0.0334. The van der Waals surface area contributed by atoms with Gasteiger partial charge in [0, 0.05) is 11.6 Å². The number of halogens is 1. The van der Waals surface area contributed by atoms with Crippen LogP contribution in [0.1, 0.15) is 10.4 Å². The van der Waals surface area contributed by atoms with Crippen LogP contribution in [-0.2, 0) is 0 Å². The van der Waals surface area contributed by atoms with E-state index in [2.05, 4.69) is 10.3 Å². The van der Waals surface area contributed by atoms with Crippen LogP contribution < -0.4 is 5.32 Å². The standard InChI is InChI=1S/C15H11FN2O/c16-12-6-2-1-5-11(12)15(19)18-13-7-3-4-10-8-9-17-14(10)13/h1-9,17H,(H,18,19). The van der Waals surface area contributed by atoms with Crippen molar-refractivity contribution in [1.29, 1.82) is 0 Å². The lowest BCUT2D eigenvalue weighted by atomic mass is 10.2. The van der Waals surface area contributed by atoms with E-state index in [4.69, 9.17) is 0 Å². The maximum atomic E-state index is 13.5. The fourth-order valence-corrected chi connectivity index (χ4v) is 2.02. The van der Waals surface area contributed by atoms with Crippen molar-refractivity contribution < 1.29 is 9.18 Å². The zero-order valence-electron chi connectivity index (χ0n) is 9.98. The van der Waals surface area contributed by atoms with Crippen molar-refractivity contribution in [1.82, 2.24) is 4.98 Å². The number of fused-ring (bicyclic) bond motifs is 1. The number of aromatic nitrogens is 1. The first-order valence-corrected chi connectivity index (χ1v) is 5.88. The molecule has 3 aromatic rings. The van der Waals surface area contributed by atoms with Gasteiger partial charge in [-0.2, -0.15) is 0 Å². The van der Waals surface area contributed by atoms with Crippen LogP contribution in [0.2, 0.25) is 0 Å². The number of anilines is 1. The van der Waals surface area contributed by atoms with E-state index in [-0.39, 0.29) is 5.56 Å². The summed E-state index contributed by atoms with van der Waals surface area (Å²) in [5.74, 6) is -0.987. The third-order valence-electron chi connectivity index (χ3n) is 2.95. The Morgan fingerprint density at radius 1 is 1.05 bits per heavy atom. The second kappa shape index (κ2) is 4.57. The van der Waals surface area contributed by atoms with Crippen molar-refractivity contribution in [2.45, 2.75) is 0 Å². The molecule has 4 heteroatoms. The van der Waals surface area contributed by atoms with Crippen molar-refractivity contribution >= 4 is 22.5 Å². The molecule has 0 radical (unpaired) electrons. The molecule has 1 aromatic heterocycles. The summed E-state index contributed by atoms with van der Waals surface area (Å²) in [6.45, 7) is 0. The zero-order valence-corrected chi connectivity index (χ0v) is 9.98. The van der Waals surface area contributed by atoms with Crippen LogP contribution in [0.15, 0.2) is 54.7 Å². The molecule has 2 aromatic carbocycles. The number of amides is 1. The summed E-state index contributed by atoms with van der Waals surface area (Å²) in [4.78, 5) is 15.1. The van der Waals surface area contributed by atoms with Gasteiger partial charge in [0.2, 0.25) is 0 Å². The van der Waals surface area contributed by atoms with Crippen LogP contribution in [0, 0.1) is 5.82 Å². The number of hydrogen-bond donors (Lipinski definition) is 2. The third-order valence-corrected chi connectivity index (χ3v) is 2.95. The van der Waals surface area contributed by atoms with Crippen LogP contribution in [-0.4, -0.2) is 10.9 Å². The fraction of sp³-hybridized carbons (Fsp3) is 0. The maximum Gasteiger partial charge on any atom is 0.258 e. The molecule has 0 aliphatic rings. The molecule has 2 N–H and O–H groups in total. The summed E-state index contributed by atoms with van der Waals surface area (Å²) >= 11 is 0. The van der Waals surface area contributed by atoms with E-state index in [9.17, 15) is 9.18 Å². The quantitative estimate of drug-likeness (QED) is 0.721. The van der Waals surface area contributed by atoms with Gasteiger partial charge in [-0.25, -0.2) is 4.39 Å². The summed E-state index contributed by atoms with van der Waals surface area (Å²) in [6, 6.07) is 13.4. The molecule has 1 amide bonds. The normalized spacial score (nSPS) is 10.6. The van der Waals surface area contributed by atoms with Gasteiger partial charge in [0.05, 0.1) is 16.8 Å². The van der Waals surface area contributed by atoms with Crippen LogP contribution in [0.25, 0.3) is 10.9 Å². The van der Waals surface area contributed by atoms with Gasteiger partial charge in [-0.05, 0) is 24.3 Å². The molecule has 0 spiro atoms. The van der Waals surface area contributed by atoms with E-state index in [1.165, 1.54) is 12.1 Å². The number of carbonyl (C=O) groups excluding carboxylic acids is 1. The number of benzene rings is 2. The predicted octanol–water partition coefficient (Wildman–Crippen LogP) is 3.56. The second-order valence-electron chi connectivity index (χ2n) is 4.18. The SMILES string of the molecule is O=C(Nc1cccc2cc[nH]c12)c1ccccc1F. The molecule has 0 unspecified atom stereocenters. The van der Waals surface area contributed by atoms with Gasteiger partial charge in [0.1, 0.15) is 5.82 Å². The van der Waals surface area contributed by atoms with Crippen LogP contribution >= 0.6 is 0 Å². The number of H-pyrrole nitrogens is 1. The Morgan fingerprint density at radius 3 is 2.74 bits per heavy atom. The summed E-state index contributed by atoms with van der Waals surface area (Å²) in [5.41, 5.74) is 1.49. The van der Waals surface area contributed by atoms with Gasteiger partial charge in [-0.3, -0.25) is 4.79 Å². The highest BCUT2D eigenvalue weighted by atomic mass is 19.1. The fourth-order valence-electron chi connectivity index (χ4n) is 2.02. The van der Waals surface area contributed by atoms with Gasteiger partial charge < -0.3 is 10.3 Å². The lowest BCUT2D eigenvalue weighted by molar-refractivity contribution is 0.102. The number of hydrogen-bond acceptors (Lipinski definition) is 1. The highest BCUT2D eigenvalue weighted by Crippen LogP contribution is 2.22. The van der Waals surface area contributed by atoms with Crippen LogP contribution in [0.5, 0.6) is 0 Å². The van der Waals surface area contributed by atoms with E-state index in [1.54, 1.807) is 24.4 Å². The predicted molar refractivity (Wildman–Crippen MR) is 72.7 cm³/mol. The minimum atomic E-state index is -0.529. The summed E-state index contributed by atoms with van der Waals surface area (Å²) in [7, 11) is 0. The van der Waals surface area contributed by atoms with E-state index in [1.807, 2.05) is 18.2 Å². The van der Waals surface area contributed by atoms with Crippen molar-refractivity contribution in [3.63, 3.8) is 0 Å². The molecule has 3 nitrogen and oxygen atoms in total. The lowest BCUT2D eigenvalue weighted by Gasteiger charge is -2.07. The lowest BCUT2D eigenvalue weighted by Crippen LogP contribution is -2.13. The molecular formula is C15H11FN2O. The van der Waals surface area contributed by atoms with Gasteiger partial charge in [-0.15, -0.1) is 0 Å². The monoisotopic (exact) mass is 254 g/mol. The Bertz CT molecular complexity index is 748. The van der Waals surface area contributed by atoms with Gasteiger partial charge in [0.25, 0.3) is 5.91 Å². The van der Waals surface area contributed by atoms with Crippen molar-refractivity contribution in [3.05, 3.63) is 66.1 Å². The minimum Gasteiger partial charge on any atom is -0.359 e. The molecule has 0 saturated carbocycles. The molecule has 0 saturated heterocycles. The molecule has 0 fully saturated rings. The average Bonchev–Trinajstić information content (AvgIpc) is 2.88. The number of carbonyl (C=O) groups is 1. The number of rotatable bonds is 2. The number of para-hydroxylation sites is 1. The largest absolute Gasteiger partial charge is 0.359 e. The molecule has 0 aliphatic carbocycles. The van der Waals surface area contributed by atoms with Crippen molar-refractivity contribution in [3.8, 4) is 0 Å².